The van der Waals surface area contributed by atoms with Crippen molar-refractivity contribution < 1.29 is 9.59 Å². The van der Waals surface area contributed by atoms with Gasteiger partial charge in [0.2, 0.25) is 16.9 Å². The van der Waals surface area contributed by atoms with Crippen molar-refractivity contribution in [3.05, 3.63) is 35.3 Å². The average molecular weight is 302 g/mol. The summed E-state index contributed by atoms with van der Waals surface area (Å²) in [5.41, 5.74) is 0.900. The summed E-state index contributed by atoms with van der Waals surface area (Å²) >= 11 is 1.32. The molecule has 0 saturated carbocycles. The maximum atomic E-state index is 12.2. The molecule has 0 bridgehead atoms. The third-order valence-corrected chi connectivity index (χ3v) is 4.27. The lowest BCUT2D eigenvalue weighted by atomic mass is 10.1. The monoisotopic (exact) mass is 302 g/mol. The Morgan fingerprint density at radius 2 is 2.10 bits per heavy atom. The number of aromatic nitrogens is 2. The highest BCUT2D eigenvalue weighted by atomic mass is 32.1. The van der Waals surface area contributed by atoms with Crippen LogP contribution in [0.4, 0.5) is 10.8 Å². The molecule has 0 radical (unpaired) electrons. The molecular weight excluding hydrogens is 288 g/mol. The summed E-state index contributed by atoms with van der Waals surface area (Å²) in [5.74, 6) is -0.0636. The van der Waals surface area contributed by atoms with E-state index >= 15 is 0 Å². The lowest BCUT2D eigenvalue weighted by Crippen LogP contribution is -2.24. The summed E-state index contributed by atoms with van der Waals surface area (Å²) in [7, 11) is 0. The van der Waals surface area contributed by atoms with Crippen molar-refractivity contribution in [3.63, 3.8) is 0 Å². The highest BCUT2D eigenvalue weighted by molar-refractivity contribution is 7.15. The number of rotatable bonds is 3. The molecule has 3 rings (SSSR count). The van der Waals surface area contributed by atoms with Crippen LogP contribution in [-0.4, -0.2) is 28.6 Å². The SMILES string of the molecule is CC(=O)Nc1nnc(C2CC(=O)N(c3ccccc3)C2)s1. The normalized spacial score (nSPS) is 18.0. The first-order valence-corrected chi connectivity index (χ1v) is 7.41. The number of anilines is 2. The van der Waals surface area contributed by atoms with Crippen LogP contribution in [-0.2, 0) is 9.59 Å². The molecule has 2 heterocycles. The standard InChI is InChI=1S/C14H14N4O2S/c1-9(19)15-14-17-16-13(21-14)10-7-12(20)18(8-10)11-5-3-2-4-6-11/h2-6,10H,7-8H2,1H3,(H,15,17,19). The molecule has 1 N–H and O–H groups in total. The fraction of sp³-hybridized carbons (Fsp3) is 0.286. The van der Waals surface area contributed by atoms with Crippen molar-refractivity contribution in [1.29, 1.82) is 0 Å². The van der Waals surface area contributed by atoms with Crippen molar-refractivity contribution in [2.24, 2.45) is 0 Å². The Labute approximate surface area is 125 Å². The van der Waals surface area contributed by atoms with Crippen molar-refractivity contribution in [2.45, 2.75) is 19.3 Å². The van der Waals surface area contributed by atoms with Crippen LogP contribution in [0, 0.1) is 0 Å². The van der Waals surface area contributed by atoms with Crippen LogP contribution in [0.3, 0.4) is 0 Å². The first-order chi connectivity index (χ1) is 10.1. The van der Waals surface area contributed by atoms with Crippen molar-refractivity contribution >= 4 is 34.0 Å². The molecule has 2 aromatic rings. The zero-order valence-electron chi connectivity index (χ0n) is 11.4. The van der Waals surface area contributed by atoms with E-state index in [1.165, 1.54) is 18.3 Å². The molecule has 21 heavy (non-hydrogen) atoms. The number of nitrogens with one attached hydrogen (secondary N) is 1. The Kier molecular flexibility index (Phi) is 3.66. The third-order valence-electron chi connectivity index (χ3n) is 3.27. The number of hydrogen-bond acceptors (Lipinski definition) is 5. The van der Waals surface area contributed by atoms with Gasteiger partial charge in [-0.3, -0.25) is 9.59 Å². The van der Waals surface area contributed by atoms with Crippen molar-refractivity contribution in [3.8, 4) is 0 Å². The summed E-state index contributed by atoms with van der Waals surface area (Å²) in [6.07, 6.45) is 0.420. The third kappa shape index (κ3) is 2.92. The largest absolute Gasteiger partial charge is 0.312 e. The molecule has 2 amide bonds. The molecule has 0 spiro atoms. The van der Waals surface area contributed by atoms with E-state index in [9.17, 15) is 9.59 Å². The fourth-order valence-electron chi connectivity index (χ4n) is 2.33. The quantitative estimate of drug-likeness (QED) is 0.941. The smallest absolute Gasteiger partial charge is 0.227 e. The lowest BCUT2D eigenvalue weighted by Gasteiger charge is -2.15. The summed E-state index contributed by atoms with van der Waals surface area (Å²) in [4.78, 5) is 24.9. The summed E-state index contributed by atoms with van der Waals surface area (Å²) in [6, 6.07) is 9.59. The predicted molar refractivity (Wildman–Crippen MR) is 80.4 cm³/mol. The first kappa shape index (κ1) is 13.7. The van der Waals surface area contributed by atoms with Crippen LogP contribution in [0.5, 0.6) is 0 Å². The second-order valence-electron chi connectivity index (χ2n) is 4.87. The van der Waals surface area contributed by atoms with Crippen LogP contribution in [0.15, 0.2) is 30.3 Å². The molecule has 1 aromatic carbocycles. The molecule has 1 aliphatic heterocycles. The minimum Gasteiger partial charge on any atom is -0.312 e. The molecule has 7 heteroatoms. The Hall–Kier alpha value is -2.28. The highest BCUT2D eigenvalue weighted by Gasteiger charge is 2.33. The Morgan fingerprint density at radius 1 is 1.33 bits per heavy atom. The first-order valence-electron chi connectivity index (χ1n) is 6.60. The molecule has 1 fully saturated rings. The zero-order chi connectivity index (χ0) is 14.8. The van der Waals surface area contributed by atoms with E-state index in [2.05, 4.69) is 15.5 Å². The molecular formula is C14H14N4O2S. The lowest BCUT2D eigenvalue weighted by molar-refractivity contribution is -0.117. The Bertz CT molecular complexity index is 671. The molecule has 1 unspecified atom stereocenters. The van der Waals surface area contributed by atoms with Gasteiger partial charge in [-0.05, 0) is 12.1 Å². The molecule has 6 nitrogen and oxygen atoms in total. The minimum absolute atomic E-state index is 0.0257. The van der Waals surface area contributed by atoms with Gasteiger partial charge in [-0.25, -0.2) is 0 Å². The van der Waals surface area contributed by atoms with Crippen molar-refractivity contribution in [1.82, 2.24) is 10.2 Å². The summed E-state index contributed by atoms with van der Waals surface area (Å²) in [5, 5.41) is 11.9. The summed E-state index contributed by atoms with van der Waals surface area (Å²) < 4.78 is 0. The van der Waals surface area contributed by atoms with E-state index in [0.29, 0.717) is 18.1 Å². The van der Waals surface area contributed by atoms with Crippen LogP contribution < -0.4 is 10.2 Å². The number of carbonyl (C=O) groups excluding carboxylic acids is 2. The van der Waals surface area contributed by atoms with Gasteiger partial charge in [0.05, 0.1) is 0 Å². The van der Waals surface area contributed by atoms with E-state index < -0.39 is 0 Å². The topological polar surface area (TPSA) is 75.2 Å². The van der Waals surface area contributed by atoms with Crippen molar-refractivity contribution in [2.75, 3.05) is 16.8 Å². The van der Waals surface area contributed by atoms with Gasteiger partial charge in [0, 0.05) is 31.5 Å². The van der Waals surface area contributed by atoms with Gasteiger partial charge in [-0.15, -0.1) is 10.2 Å². The van der Waals surface area contributed by atoms with Crippen LogP contribution >= 0.6 is 11.3 Å². The van der Waals surface area contributed by atoms with Crippen LogP contribution in [0.1, 0.15) is 24.3 Å². The van der Waals surface area contributed by atoms with E-state index in [1.807, 2.05) is 30.3 Å². The highest BCUT2D eigenvalue weighted by Crippen LogP contribution is 2.34. The molecule has 0 aliphatic carbocycles. The molecule has 1 aliphatic rings. The van der Waals surface area contributed by atoms with E-state index in [-0.39, 0.29) is 17.7 Å². The molecule has 1 saturated heterocycles. The van der Waals surface area contributed by atoms with Gasteiger partial charge in [0.15, 0.2) is 0 Å². The van der Waals surface area contributed by atoms with Gasteiger partial charge in [-0.1, -0.05) is 29.5 Å². The van der Waals surface area contributed by atoms with Gasteiger partial charge < -0.3 is 10.2 Å². The number of nitrogens with zero attached hydrogens (tertiary/aromatic N) is 3. The van der Waals surface area contributed by atoms with E-state index in [1.54, 1.807) is 4.90 Å². The second kappa shape index (κ2) is 5.61. The maximum Gasteiger partial charge on any atom is 0.227 e. The van der Waals surface area contributed by atoms with Crippen LogP contribution in [0.25, 0.3) is 0 Å². The molecule has 108 valence electrons. The summed E-state index contributed by atoms with van der Waals surface area (Å²) in [6.45, 7) is 2.02. The average Bonchev–Trinajstić information content (AvgIpc) is 3.06. The fourth-order valence-corrected chi connectivity index (χ4v) is 3.21. The molecule has 1 aromatic heterocycles. The predicted octanol–water partition coefficient (Wildman–Crippen LogP) is 2.02. The Balaban J connectivity index is 1.75. The Morgan fingerprint density at radius 3 is 2.81 bits per heavy atom. The number of benzene rings is 1. The second-order valence-corrected chi connectivity index (χ2v) is 5.88. The number of hydrogen-bond donors (Lipinski definition) is 1. The van der Waals surface area contributed by atoms with E-state index in [0.717, 1.165) is 10.7 Å². The van der Waals surface area contributed by atoms with Gasteiger partial charge in [0.25, 0.3) is 0 Å². The molecule has 1 atom stereocenters. The number of amides is 2. The van der Waals surface area contributed by atoms with Gasteiger partial charge >= 0.3 is 0 Å². The maximum absolute atomic E-state index is 12.2. The zero-order valence-corrected chi connectivity index (χ0v) is 12.3. The number of carbonyl (C=O) groups is 2. The number of para-hydroxylation sites is 1. The minimum atomic E-state index is -0.175. The van der Waals surface area contributed by atoms with E-state index in [4.69, 9.17) is 0 Å². The van der Waals surface area contributed by atoms with Gasteiger partial charge in [-0.2, -0.15) is 0 Å². The van der Waals surface area contributed by atoms with Gasteiger partial charge in [0.1, 0.15) is 5.01 Å². The van der Waals surface area contributed by atoms with Crippen LogP contribution in [0.2, 0.25) is 0 Å².